The number of benzene rings is 2. The highest BCUT2D eigenvalue weighted by Crippen LogP contribution is 2.27. The van der Waals surface area contributed by atoms with E-state index in [4.69, 9.17) is 23.2 Å². The molecule has 0 saturated heterocycles. The third-order valence-electron chi connectivity index (χ3n) is 4.44. The number of hydrogen-bond donors (Lipinski definition) is 1. The fraction of sp³-hybridized carbons (Fsp3) is 0.391. The van der Waals surface area contributed by atoms with Crippen molar-refractivity contribution in [1.29, 1.82) is 0 Å². The van der Waals surface area contributed by atoms with Gasteiger partial charge >= 0.3 is 0 Å². The number of nitrogens with zero attached hydrogens (tertiary/aromatic N) is 1. The van der Waals surface area contributed by atoms with Gasteiger partial charge in [-0.05, 0) is 58.9 Å². The third-order valence-corrected chi connectivity index (χ3v) is 6.14. The minimum Gasteiger partial charge on any atom is -0.350 e. The average molecular weight is 467 g/mol. The highest BCUT2D eigenvalue weighted by Gasteiger charge is 2.29. The highest BCUT2D eigenvalue weighted by atomic mass is 35.5. The lowest BCUT2D eigenvalue weighted by Crippen LogP contribution is -2.52. The average Bonchev–Trinajstić information content (AvgIpc) is 2.65. The maximum atomic E-state index is 13.2. The van der Waals surface area contributed by atoms with Crippen molar-refractivity contribution in [1.82, 2.24) is 10.2 Å². The summed E-state index contributed by atoms with van der Waals surface area (Å²) in [6.07, 6.45) is 0. The van der Waals surface area contributed by atoms with E-state index >= 15 is 0 Å². The van der Waals surface area contributed by atoms with Gasteiger partial charge in [-0.3, -0.25) is 9.59 Å². The van der Waals surface area contributed by atoms with E-state index in [1.807, 2.05) is 52.0 Å². The first kappa shape index (κ1) is 24.6. The van der Waals surface area contributed by atoms with Crippen LogP contribution in [0.1, 0.15) is 38.8 Å². The molecule has 0 aromatic heterocycles. The van der Waals surface area contributed by atoms with E-state index in [0.717, 1.165) is 10.5 Å². The van der Waals surface area contributed by atoms with Crippen LogP contribution >= 0.6 is 35.0 Å². The van der Waals surface area contributed by atoms with Crippen molar-refractivity contribution < 1.29 is 9.59 Å². The summed E-state index contributed by atoms with van der Waals surface area (Å²) in [5, 5.41) is 3.88. The van der Waals surface area contributed by atoms with Gasteiger partial charge in [0.25, 0.3) is 0 Å². The molecule has 0 fully saturated rings. The third kappa shape index (κ3) is 7.22. The molecule has 0 spiro atoms. The topological polar surface area (TPSA) is 49.4 Å². The van der Waals surface area contributed by atoms with Gasteiger partial charge in [-0.15, -0.1) is 11.8 Å². The maximum Gasteiger partial charge on any atom is 0.242 e. The number of carbonyl (C=O) groups is 2. The number of hydrogen-bond acceptors (Lipinski definition) is 3. The van der Waals surface area contributed by atoms with Gasteiger partial charge in [0.15, 0.2) is 0 Å². The van der Waals surface area contributed by atoms with Crippen LogP contribution in [-0.4, -0.2) is 34.0 Å². The number of rotatable bonds is 7. The number of amides is 2. The Labute approximate surface area is 193 Å². The fourth-order valence-corrected chi connectivity index (χ4v) is 4.07. The summed E-state index contributed by atoms with van der Waals surface area (Å²) in [6, 6.07) is 12.5. The molecule has 162 valence electrons. The molecule has 1 N–H and O–H groups in total. The Hall–Kier alpha value is -1.69. The molecule has 30 heavy (non-hydrogen) atoms. The Bertz CT molecular complexity index is 875. The largest absolute Gasteiger partial charge is 0.350 e. The molecular weight excluding hydrogens is 439 g/mol. The summed E-state index contributed by atoms with van der Waals surface area (Å²) in [5.41, 5.74) is 1.39. The number of halogens is 2. The fourth-order valence-electron chi connectivity index (χ4n) is 2.77. The molecule has 4 nitrogen and oxygen atoms in total. The zero-order valence-electron chi connectivity index (χ0n) is 18.0. The predicted molar refractivity (Wildman–Crippen MR) is 126 cm³/mol. The first-order valence-corrected chi connectivity index (χ1v) is 11.5. The van der Waals surface area contributed by atoms with Crippen LogP contribution in [0.3, 0.4) is 0 Å². The van der Waals surface area contributed by atoms with Gasteiger partial charge in [0.05, 0.1) is 5.75 Å². The molecule has 0 aliphatic rings. The minimum atomic E-state index is -0.678. The number of nitrogens with one attached hydrogen (secondary N) is 1. The van der Waals surface area contributed by atoms with Crippen LogP contribution in [0.5, 0.6) is 0 Å². The van der Waals surface area contributed by atoms with Crippen LogP contribution in [0.4, 0.5) is 0 Å². The molecule has 7 heteroatoms. The Morgan fingerprint density at radius 3 is 2.17 bits per heavy atom. The van der Waals surface area contributed by atoms with Crippen LogP contribution < -0.4 is 5.32 Å². The first-order valence-electron chi connectivity index (χ1n) is 9.72. The van der Waals surface area contributed by atoms with Crippen molar-refractivity contribution in [3.63, 3.8) is 0 Å². The van der Waals surface area contributed by atoms with Gasteiger partial charge < -0.3 is 10.2 Å². The highest BCUT2D eigenvalue weighted by molar-refractivity contribution is 8.00. The van der Waals surface area contributed by atoms with Crippen LogP contribution in [0.25, 0.3) is 0 Å². The second kappa shape index (κ2) is 10.6. The Morgan fingerprint density at radius 2 is 1.63 bits per heavy atom. The molecule has 0 aliphatic carbocycles. The first-order chi connectivity index (χ1) is 14.0. The molecule has 1 unspecified atom stereocenters. The molecule has 0 radical (unpaired) electrons. The van der Waals surface area contributed by atoms with Crippen molar-refractivity contribution >= 4 is 46.8 Å². The molecule has 2 rings (SSSR count). The van der Waals surface area contributed by atoms with Gasteiger partial charge in [0.1, 0.15) is 6.04 Å². The molecule has 2 aromatic carbocycles. The Kier molecular flexibility index (Phi) is 8.65. The lowest BCUT2D eigenvalue weighted by molar-refractivity contribution is -0.139. The summed E-state index contributed by atoms with van der Waals surface area (Å²) in [5.74, 6) is -0.175. The lowest BCUT2D eigenvalue weighted by atomic mass is 10.1. The van der Waals surface area contributed by atoms with E-state index in [0.29, 0.717) is 15.6 Å². The van der Waals surface area contributed by atoms with Crippen LogP contribution in [0.15, 0.2) is 47.4 Å². The van der Waals surface area contributed by atoms with E-state index in [9.17, 15) is 9.59 Å². The van der Waals surface area contributed by atoms with E-state index in [1.165, 1.54) is 16.7 Å². The monoisotopic (exact) mass is 466 g/mol. The molecule has 0 heterocycles. The summed E-state index contributed by atoms with van der Waals surface area (Å²) < 4.78 is 0. The van der Waals surface area contributed by atoms with Crippen LogP contribution in [-0.2, 0) is 16.1 Å². The number of carbonyl (C=O) groups excluding carboxylic acids is 2. The SMILES string of the molecule is Cc1ccc(SCC(=O)N(Cc2c(Cl)cccc2Cl)C(C)C(=O)NC(C)(C)C)cc1. The minimum absolute atomic E-state index is 0.157. The normalized spacial score (nSPS) is 12.4. The van der Waals surface area contributed by atoms with E-state index in [1.54, 1.807) is 25.1 Å². The summed E-state index contributed by atoms with van der Waals surface area (Å²) >= 11 is 14.1. The number of thioether (sulfide) groups is 1. The molecule has 0 bridgehead atoms. The molecule has 0 aliphatic heterocycles. The van der Waals surface area contributed by atoms with Crippen molar-refractivity contribution in [2.24, 2.45) is 0 Å². The number of aryl methyl sites for hydroxylation is 1. The maximum absolute atomic E-state index is 13.2. The van der Waals surface area contributed by atoms with Crippen molar-refractivity contribution in [3.8, 4) is 0 Å². The van der Waals surface area contributed by atoms with Crippen molar-refractivity contribution in [3.05, 3.63) is 63.6 Å². The van der Waals surface area contributed by atoms with Crippen molar-refractivity contribution in [2.45, 2.75) is 57.6 Å². The van der Waals surface area contributed by atoms with Gasteiger partial charge in [-0.25, -0.2) is 0 Å². The lowest BCUT2D eigenvalue weighted by Gasteiger charge is -2.32. The second-order valence-corrected chi connectivity index (χ2v) is 10.1. The molecule has 2 aromatic rings. The second-order valence-electron chi connectivity index (χ2n) is 8.24. The van der Waals surface area contributed by atoms with Crippen molar-refractivity contribution in [2.75, 3.05) is 5.75 Å². The summed E-state index contributed by atoms with van der Waals surface area (Å²) in [6.45, 7) is 9.61. The van der Waals surface area contributed by atoms with E-state index in [-0.39, 0.29) is 24.1 Å². The van der Waals surface area contributed by atoms with Gasteiger partial charge in [-0.2, -0.15) is 0 Å². The Morgan fingerprint density at radius 1 is 1.07 bits per heavy atom. The summed E-state index contributed by atoms with van der Waals surface area (Å²) in [7, 11) is 0. The standard InChI is InChI=1S/C23H28Cl2N2O2S/c1-15-9-11-17(12-10-15)30-14-21(28)27(16(2)22(29)26-23(3,4)5)13-18-19(24)7-6-8-20(18)25/h6-12,16H,13-14H2,1-5H3,(H,26,29). The smallest absolute Gasteiger partial charge is 0.242 e. The summed E-state index contributed by atoms with van der Waals surface area (Å²) in [4.78, 5) is 28.5. The van der Waals surface area contributed by atoms with Gasteiger partial charge in [0, 0.05) is 32.6 Å². The van der Waals surface area contributed by atoms with Gasteiger partial charge in [0.2, 0.25) is 11.8 Å². The van der Waals surface area contributed by atoms with E-state index in [2.05, 4.69) is 5.32 Å². The predicted octanol–water partition coefficient (Wildman–Crippen LogP) is 5.73. The molecule has 1 atom stereocenters. The molecule has 0 saturated carbocycles. The quantitative estimate of drug-likeness (QED) is 0.530. The zero-order chi connectivity index (χ0) is 22.5. The van der Waals surface area contributed by atoms with E-state index < -0.39 is 11.6 Å². The molecular formula is C23H28Cl2N2O2S. The van der Waals surface area contributed by atoms with Gasteiger partial charge in [-0.1, -0.05) is 47.0 Å². The van der Waals surface area contributed by atoms with Crippen LogP contribution in [0.2, 0.25) is 10.0 Å². The molecule has 2 amide bonds. The van der Waals surface area contributed by atoms with Crippen LogP contribution in [0, 0.1) is 6.92 Å². The Balaban J connectivity index is 2.23. The zero-order valence-corrected chi connectivity index (χ0v) is 20.3.